The third-order valence-corrected chi connectivity index (χ3v) is 5.44. The number of ether oxygens (including phenoxy) is 3. The maximum absolute atomic E-state index is 12.5. The summed E-state index contributed by atoms with van der Waals surface area (Å²) in [6.07, 6.45) is 3.88. The van der Waals surface area contributed by atoms with Gasteiger partial charge in [-0.05, 0) is 54.7 Å². The van der Waals surface area contributed by atoms with Crippen LogP contribution in [0.2, 0.25) is 0 Å². The van der Waals surface area contributed by atoms with Gasteiger partial charge in [-0.2, -0.15) is 0 Å². The molecule has 1 amide bonds. The SMILES string of the molecule is COc1cc2c(cc1OC)C1(CCN(C(=O)c3ccco3)CC1)OCC2. The third-order valence-electron chi connectivity index (χ3n) is 5.44. The average molecular weight is 357 g/mol. The van der Waals surface area contributed by atoms with Gasteiger partial charge in [-0.25, -0.2) is 0 Å². The van der Waals surface area contributed by atoms with E-state index in [1.165, 1.54) is 11.8 Å². The fourth-order valence-corrected chi connectivity index (χ4v) is 4.03. The molecule has 2 aliphatic rings. The Hall–Kier alpha value is -2.47. The highest BCUT2D eigenvalue weighted by atomic mass is 16.5. The zero-order chi connectivity index (χ0) is 18.1. The first-order chi connectivity index (χ1) is 12.7. The Bertz CT molecular complexity index is 791. The van der Waals surface area contributed by atoms with Gasteiger partial charge in [0.15, 0.2) is 17.3 Å². The molecule has 0 bridgehead atoms. The number of carbonyl (C=O) groups excluding carboxylic acids is 1. The topological polar surface area (TPSA) is 61.1 Å². The predicted molar refractivity (Wildman–Crippen MR) is 94.7 cm³/mol. The molecule has 1 aromatic carbocycles. The Morgan fingerprint density at radius 3 is 2.54 bits per heavy atom. The average Bonchev–Trinajstić information content (AvgIpc) is 3.22. The smallest absolute Gasteiger partial charge is 0.289 e. The Morgan fingerprint density at radius 1 is 1.15 bits per heavy atom. The van der Waals surface area contributed by atoms with Crippen molar-refractivity contribution >= 4 is 5.91 Å². The summed E-state index contributed by atoms with van der Waals surface area (Å²) in [5.41, 5.74) is 2.03. The molecule has 1 saturated heterocycles. The molecule has 0 N–H and O–H groups in total. The van der Waals surface area contributed by atoms with E-state index in [9.17, 15) is 4.79 Å². The summed E-state index contributed by atoms with van der Waals surface area (Å²) in [5.74, 6) is 1.78. The standard InChI is InChI=1S/C20H23NO5/c1-23-17-12-14-5-11-26-20(15(14)13-18(17)24-2)6-8-21(9-7-20)19(22)16-4-3-10-25-16/h3-4,10,12-13H,5-9,11H2,1-2H3. The minimum Gasteiger partial charge on any atom is -0.493 e. The minimum absolute atomic E-state index is 0.0619. The lowest BCUT2D eigenvalue weighted by molar-refractivity contribution is -0.0938. The second-order valence-corrected chi connectivity index (χ2v) is 6.73. The number of hydrogen-bond acceptors (Lipinski definition) is 5. The summed E-state index contributed by atoms with van der Waals surface area (Å²) in [7, 11) is 3.29. The lowest BCUT2D eigenvalue weighted by Gasteiger charge is -2.45. The van der Waals surface area contributed by atoms with Crippen LogP contribution in [0.1, 0.15) is 34.5 Å². The van der Waals surface area contributed by atoms with Gasteiger partial charge in [0.25, 0.3) is 5.91 Å². The fourth-order valence-electron chi connectivity index (χ4n) is 4.03. The first kappa shape index (κ1) is 17.0. The lowest BCUT2D eigenvalue weighted by atomic mass is 9.79. The summed E-state index contributed by atoms with van der Waals surface area (Å²) >= 11 is 0. The van der Waals surface area contributed by atoms with Gasteiger partial charge in [0, 0.05) is 13.1 Å². The number of amides is 1. The molecule has 0 aliphatic carbocycles. The molecule has 6 heteroatoms. The van der Waals surface area contributed by atoms with Crippen molar-refractivity contribution < 1.29 is 23.4 Å². The van der Waals surface area contributed by atoms with Crippen molar-refractivity contribution in [1.82, 2.24) is 4.90 Å². The highest BCUT2D eigenvalue weighted by Gasteiger charge is 2.42. The van der Waals surface area contributed by atoms with Crippen LogP contribution >= 0.6 is 0 Å². The van der Waals surface area contributed by atoms with Crippen LogP contribution in [0, 0.1) is 0 Å². The second-order valence-electron chi connectivity index (χ2n) is 6.73. The molecular formula is C20H23NO5. The molecule has 3 heterocycles. The van der Waals surface area contributed by atoms with E-state index in [-0.39, 0.29) is 11.5 Å². The zero-order valence-electron chi connectivity index (χ0n) is 15.1. The van der Waals surface area contributed by atoms with E-state index in [0.717, 1.165) is 30.6 Å². The lowest BCUT2D eigenvalue weighted by Crippen LogP contribution is -2.48. The van der Waals surface area contributed by atoms with Gasteiger partial charge in [-0.3, -0.25) is 4.79 Å². The predicted octanol–water partition coefficient (Wildman–Crippen LogP) is 3.00. The first-order valence-electron chi connectivity index (χ1n) is 8.89. The number of furan rings is 1. The Kier molecular flexibility index (Phi) is 4.36. The monoisotopic (exact) mass is 357 g/mol. The molecule has 26 heavy (non-hydrogen) atoms. The maximum Gasteiger partial charge on any atom is 0.289 e. The fraction of sp³-hybridized carbons (Fsp3) is 0.450. The second kappa shape index (κ2) is 6.68. The number of carbonyl (C=O) groups is 1. The number of nitrogens with zero attached hydrogens (tertiary/aromatic N) is 1. The van der Waals surface area contributed by atoms with Gasteiger partial charge >= 0.3 is 0 Å². The van der Waals surface area contributed by atoms with E-state index < -0.39 is 0 Å². The molecule has 0 radical (unpaired) electrons. The van der Waals surface area contributed by atoms with Crippen LogP contribution in [-0.2, 0) is 16.8 Å². The molecule has 0 unspecified atom stereocenters. The largest absolute Gasteiger partial charge is 0.493 e. The van der Waals surface area contributed by atoms with Crippen molar-refractivity contribution in [3.8, 4) is 11.5 Å². The van der Waals surface area contributed by atoms with Crippen molar-refractivity contribution in [3.63, 3.8) is 0 Å². The number of rotatable bonds is 3. The quantitative estimate of drug-likeness (QED) is 0.845. The van der Waals surface area contributed by atoms with Gasteiger partial charge in [0.2, 0.25) is 0 Å². The summed E-state index contributed by atoms with van der Waals surface area (Å²) < 4.78 is 22.4. The van der Waals surface area contributed by atoms with Crippen molar-refractivity contribution in [3.05, 3.63) is 47.4 Å². The van der Waals surface area contributed by atoms with Gasteiger partial charge in [-0.15, -0.1) is 0 Å². The van der Waals surface area contributed by atoms with E-state index in [1.54, 1.807) is 26.4 Å². The van der Waals surface area contributed by atoms with Gasteiger partial charge in [-0.1, -0.05) is 0 Å². The normalized spacial score (nSPS) is 18.5. The van der Waals surface area contributed by atoms with Crippen molar-refractivity contribution in [2.24, 2.45) is 0 Å². The minimum atomic E-state index is -0.368. The molecule has 1 aromatic heterocycles. The number of fused-ring (bicyclic) bond motifs is 2. The summed E-state index contributed by atoms with van der Waals surface area (Å²) in [5, 5.41) is 0. The molecule has 0 saturated carbocycles. The van der Waals surface area contributed by atoms with Crippen LogP contribution in [-0.4, -0.2) is 44.7 Å². The highest BCUT2D eigenvalue weighted by molar-refractivity contribution is 5.91. The Labute approximate surface area is 152 Å². The maximum atomic E-state index is 12.5. The van der Waals surface area contributed by atoms with Crippen LogP contribution in [0.5, 0.6) is 11.5 Å². The van der Waals surface area contributed by atoms with E-state index in [2.05, 4.69) is 6.07 Å². The number of likely N-dealkylation sites (tertiary alicyclic amines) is 1. The molecule has 1 fully saturated rings. The summed E-state index contributed by atoms with van der Waals surface area (Å²) in [6, 6.07) is 7.53. The molecule has 6 nitrogen and oxygen atoms in total. The van der Waals surface area contributed by atoms with Gasteiger partial charge in [0.1, 0.15) is 0 Å². The number of hydrogen-bond donors (Lipinski definition) is 0. The molecule has 0 atom stereocenters. The molecule has 2 aromatic rings. The summed E-state index contributed by atoms with van der Waals surface area (Å²) in [4.78, 5) is 14.4. The van der Waals surface area contributed by atoms with Crippen LogP contribution in [0.15, 0.2) is 34.9 Å². The molecule has 4 rings (SSSR count). The Morgan fingerprint density at radius 2 is 1.88 bits per heavy atom. The van der Waals surface area contributed by atoms with Crippen LogP contribution in [0.25, 0.3) is 0 Å². The van der Waals surface area contributed by atoms with E-state index in [4.69, 9.17) is 18.6 Å². The molecule has 138 valence electrons. The van der Waals surface area contributed by atoms with Gasteiger partial charge < -0.3 is 23.5 Å². The molecule has 2 aliphatic heterocycles. The summed E-state index contributed by atoms with van der Waals surface area (Å²) in [6.45, 7) is 1.94. The van der Waals surface area contributed by atoms with E-state index >= 15 is 0 Å². The van der Waals surface area contributed by atoms with Crippen molar-refractivity contribution in [2.45, 2.75) is 24.9 Å². The molecular weight excluding hydrogens is 334 g/mol. The number of methoxy groups -OCH3 is 2. The van der Waals surface area contributed by atoms with E-state index in [1.807, 2.05) is 11.0 Å². The Balaban J connectivity index is 1.59. The van der Waals surface area contributed by atoms with Gasteiger partial charge in [0.05, 0.1) is 32.7 Å². The van der Waals surface area contributed by atoms with Crippen molar-refractivity contribution in [2.75, 3.05) is 33.9 Å². The first-order valence-corrected chi connectivity index (χ1v) is 8.89. The number of benzene rings is 1. The van der Waals surface area contributed by atoms with Crippen molar-refractivity contribution in [1.29, 1.82) is 0 Å². The number of piperidine rings is 1. The third kappa shape index (κ3) is 2.74. The molecule has 1 spiro atoms. The van der Waals surface area contributed by atoms with Crippen LogP contribution in [0.3, 0.4) is 0 Å². The van der Waals surface area contributed by atoms with E-state index in [0.29, 0.717) is 31.2 Å². The van der Waals surface area contributed by atoms with Crippen LogP contribution in [0.4, 0.5) is 0 Å². The zero-order valence-corrected chi connectivity index (χ0v) is 15.1. The van der Waals surface area contributed by atoms with Crippen LogP contribution < -0.4 is 9.47 Å². The highest BCUT2D eigenvalue weighted by Crippen LogP contribution is 2.45.